The van der Waals surface area contributed by atoms with E-state index in [0.717, 1.165) is 38.9 Å². The van der Waals surface area contributed by atoms with Crippen LogP contribution in [0.25, 0.3) is 0 Å². The molecule has 0 saturated carbocycles. The summed E-state index contributed by atoms with van der Waals surface area (Å²) < 4.78 is 30.1. The topological polar surface area (TPSA) is 67.2 Å². The molecule has 1 aromatic heterocycles. The van der Waals surface area contributed by atoms with Crippen LogP contribution in [0.1, 0.15) is 31.0 Å². The molecule has 0 bridgehead atoms. The van der Waals surface area contributed by atoms with Gasteiger partial charge in [-0.05, 0) is 45.2 Å². The fourth-order valence-electron chi connectivity index (χ4n) is 3.58. The van der Waals surface area contributed by atoms with Crippen molar-refractivity contribution in [3.8, 4) is 0 Å². The Balaban J connectivity index is 1.59. The van der Waals surface area contributed by atoms with Gasteiger partial charge in [-0.2, -0.15) is 5.10 Å². The molecule has 26 heavy (non-hydrogen) atoms. The molecule has 1 aromatic carbocycles. The average molecular weight is 377 g/mol. The van der Waals surface area contributed by atoms with Crippen LogP contribution in [0.5, 0.6) is 0 Å². The molecule has 3 rings (SSSR count). The van der Waals surface area contributed by atoms with Crippen molar-refractivity contribution in [2.75, 3.05) is 19.6 Å². The standard InChI is InChI=1S/C19H28N4O2S/c1-3-23-16(2)19(14-20-23)26(24,25)21-18-10-7-12-22(15-18)13-11-17-8-5-4-6-9-17/h4-6,8-9,14,18,21H,3,7,10-13,15H2,1-2H3/t18-/m1/s1. The molecule has 0 amide bonds. The summed E-state index contributed by atoms with van der Waals surface area (Å²) in [5.74, 6) is 0. The van der Waals surface area contributed by atoms with Crippen molar-refractivity contribution < 1.29 is 8.42 Å². The van der Waals surface area contributed by atoms with Gasteiger partial charge in [0.15, 0.2) is 0 Å². The second-order valence-corrected chi connectivity index (χ2v) is 8.59. The second-order valence-electron chi connectivity index (χ2n) is 6.91. The molecule has 1 aliphatic rings. The fourth-order valence-corrected chi connectivity index (χ4v) is 5.02. The van der Waals surface area contributed by atoms with Crippen LogP contribution in [0.15, 0.2) is 41.4 Å². The highest BCUT2D eigenvalue weighted by Gasteiger charge is 2.27. The van der Waals surface area contributed by atoms with E-state index in [4.69, 9.17) is 0 Å². The van der Waals surface area contributed by atoms with Crippen LogP contribution in [-0.2, 0) is 23.0 Å². The van der Waals surface area contributed by atoms with Crippen molar-refractivity contribution >= 4 is 10.0 Å². The summed E-state index contributed by atoms with van der Waals surface area (Å²) in [6.45, 7) is 7.16. The Bertz CT molecular complexity index is 817. The fraction of sp³-hybridized carbons (Fsp3) is 0.526. The Hall–Kier alpha value is -1.70. The Morgan fingerprint density at radius 1 is 1.27 bits per heavy atom. The third-order valence-corrected chi connectivity index (χ3v) is 6.66. The van der Waals surface area contributed by atoms with Crippen LogP contribution in [0, 0.1) is 6.92 Å². The number of piperidine rings is 1. The zero-order valence-corrected chi connectivity index (χ0v) is 16.4. The van der Waals surface area contributed by atoms with Crippen LogP contribution in [0.4, 0.5) is 0 Å². The highest BCUT2D eigenvalue weighted by atomic mass is 32.2. The smallest absolute Gasteiger partial charge is 0.244 e. The number of nitrogens with one attached hydrogen (secondary N) is 1. The molecule has 1 saturated heterocycles. The van der Waals surface area contributed by atoms with E-state index >= 15 is 0 Å². The van der Waals surface area contributed by atoms with E-state index < -0.39 is 10.0 Å². The van der Waals surface area contributed by atoms with Gasteiger partial charge in [-0.1, -0.05) is 30.3 Å². The number of likely N-dealkylation sites (tertiary alicyclic amines) is 1. The zero-order valence-electron chi connectivity index (χ0n) is 15.6. The summed E-state index contributed by atoms with van der Waals surface area (Å²) in [5, 5.41) is 4.16. The number of hydrogen-bond acceptors (Lipinski definition) is 4. The third kappa shape index (κ3) is 4.52. The third-order valence-electron chi connectivity index (χ3n) is 5.03. The van der Waals surface area contributed by atoms with Gasteiger partial charge in [0, 0.05) is 25.7 Å². The first kappa shape index (κ1) is 19.1. The average Bonchev–Trinajstić information content (AvgIpc) is 3.02. The number of hydrogen-bond donors (Lipinski definition) is 1. The van der Waals surface area contributed by atoms with E-state index in [0.29, 0.717) is 17.1 Å². The molecule has 2 heterocycles. The number of benzene rings is 1. The highest BCUT2D eigenvalue weighted by Crippen LogP contribution is 2.18. The maximum absolute atomic E-state index is 12.8. The maximum atomic E-state index is 12.8. The molecule has 6 nitrogen and oxygen atoms in total. The van der Waals surface area contributed by atoms with E-state index in [9.17, 15) is 8.42 Å². The summed E-state index contributed by atoms with van der Waals surface area (Å²) in [7, 11) is -3.53. The molecule has 0 aliphatic carbocycles. The number of sulfonamides is 1. The van der Waals surface area contributed by atoms with Crippen LogP contribution < -0.4 is 4.72 Å². The lowest BCUT2D eigenvalue weighted by Crippen LogP contribution is -2.48. The Kier molecular flexibility index (Phi) is 6.11. The summed E-state index contributed by atoms with van der Waals surface area (Å²) in [6.07, 6.45) is 4.33. The minimum atomic E-state index is -3.53. The van der Waals surface area contributed by atoms with E-state index in [1.54, 1.807) is 11.6 Å². The van der Waals surface area contributed by atoms with Gasteiger partial charge in [-0.25, -0.2) is 13.1 Å². The quantitative estimate of drug-likeness (QED) is 0.804. The molecular weight excluding hydrogens is 348 g/mol. The van der Waals surface area contributed by atoms with E-state index in [1.165, 1.54) is 11.8 Å². The van der Waals surface area contributed by atoms with Crippen molar-refractivity contribution in [2.45, 2.75) is 50.6 Å². The summed E-state index contributed by atoms with van der Waals surface area (Å²) in [4.78, 5) is 2.65. The number of aryl methyl sites for hydroxylation is 1. The van der Waals surface area contributed by atoms with Crippen LogP contribution in [0.3, 0.4) is 0 Å². The molecule has 1 aliphatic heterocycles. The van der Waals surface area contributed by atoms with Crippen molar-refractivity contribution in [1.29, 1.82) is 0 Å². The van der Waals surface area contributed by atoms with E-state index in [2.05, 4.69) is 39.0 Å². The Morgan fingerprint density at radius 2 is 2.04 bits per heavy atom. The molecule has 2 aromatic rings. The largest absolute Gasteiger partial charge is 0.301 e. The van der Waals surface area contributed by atoms with Gasteiger partial charge in [0.25, 0.3) is 0 Å². The zero-order chi connectivity index (χ0) is 18.6. The molecule has 0 spiro atoms. The van der Waals surface area contributed by atoms with Gasteiger partial charge in [-0.3, -0.25) is 4.68 Å². The molecule has 0 unspecified atom stereocenters. The van der Waals surface area contributed by atoms with Gasteiger partial charge in [0.05, 0.1) is 11.9 Å². The monoisotopic (exact) mass is 376 g/mol. The first-order chi connectivity index (χ1) is 12.5. The normalized spacial score (nSPS) is 18.9. The molecule has 1 fully saturated rings. The van der Waals surface area contributed by atoms with Gasteiger partial charge < -0.3 is 4.90 Å². The lowest BCUT2D eigenvalue weighted by atomic mass is 10.1. The Labute approximate surface area is 156 Å². The van der Waals surface area contributed by atoms with Crippen molar-refractivity contribution in [2.24, 2.45) is 0 Å². The Morgan fingerprint density at radius 3 is 2.73 bits per heavy atom. The highest BCUT2D eigenvalue weighted by molar-refractivity contribution is 7.89. The molecule has 1 atom stereocenters. The van der Waals surface area contributed by atoms with E-state index in [1.807, 2.05) is 13.0 Å². The van der Waals surface area contributed by atoms with Crippen LogP contribution in [0.2, 0.25) is 0 Å². The number of nitrogens with zero attached hydrogens (tertiary/aromatic N) is 3. The van der Waals surface area contributed by atoms with Crippen molar-refractivity contribution in [3.63, 3.8) is 0 Å². The number of rotatable bonds is 7. The van der Waals surface area contributed by atoms with Crippen molar-refractivity contribution in [3.05, 3.63) is 47.8 Å². The van der Waals surface area contributed by atoms with Crippen LogP contribution >= 0.6 is 0 Å². The maximum Gasteiger partial charge on any atom is 0.244 e. The van der Waals surface area contributed by atoms with Gasteiger partial charge in [-0.15, -0.1) is 0 Å². The lowest BCUT2D eigenvalue weighted by molar-refractivity contribution is 0.204. The lowest BCUT2D eigenvalue weighted by Gasteiger charge is -2.33. The molecule has 1 N–H and O–H groups in total. The minimum Gasteiger partial charge on any atom is -0.301 e. The first-order valence-electron chi connectivity index (χ1n) is 9.30. The second kappa shape index (κ2) is 8.33. The van der Waals surface area contributed by atoms with Crippen molar-refractivity contribution in [1.82, 2.24) is 19.4 Å². The van der Waals surface area contributed by atoms with E-state index in [-0.39, 0.29) is 6.04 Å². The molecule has 0 radical (unpaired) electrons. The summed E-state index contributed by atoms with van der Waals surface area (Å²) in [5.41, 5.74) is 2.01. The summed E-state index contributed by atoms with van der Waals surface area (Å²) in [6, 6.07) is 10.4. The van der Waals surface area contributed by atoms with Gasteiger partial charge in [0.2, 0.25) is 10.0 Å². The van der Waals surface area contributed by atoms with Crippen LogP contribution in [-0.4, -0.2) is 48.8 Å². The predicted molar refractivity (Wildman–Crippen MR) is 103 cm³/mol. The summed E-state index contributed by atoms with van der Waals surface area (Å²) >= 11 is 0. The SMILES string of the molecule is CCn1ncc(S(=O)(=O)N[C@@H]2CCCN(CCc3ccccc3)C2)c1C. The molecule has 7 heteroatoms. The van der Waals surface area contributed by atoms with Gasteiger partial charge >= 0.3 is 0 Å². The first-order valence-corrected chi connectivity index (χ1v) is 10.8. The number of aromatic nitrogens is 2. The predicted octanol–water partition coefficient (Wildman–Crippen LogP) is 2.20. The minimum absolute atomic E-state index is 0.0473. The molecule has 142 valence electrons. The molecular formula is C19H28N4O2S. The van der Waals surface area contributed by atoms with Gasteiger partial charge in [0.1, 0.15) is 4.90 Å².